The van der Waals surface area contributed by atoms with Gasteiger partial charge < -0.3 is 9.84 Å². The highest BCUT2D eigenvalue weighted by atomic mass is 19.1. The fourth-order valence-electron chi connectivity index (χ4n) is 5.99. The Bertz CT molecular complexity index is 665. The van der Waals surface area contributed by atoms with Gasteiger partial charge in [0.05, 0.1) is 12.7 Å². The van der Waals surface area contributed by atoms with Crippen LogP contribution in [0.5, 0.6) is 0 Å². The number of allylic oxidation sites excluding steroid dienone is 4. The average Bonchev–Trinajstić information content (AvgIpc) is 3.04. The maximum Gasteiger partial charge on any atom is 0.337 e. The zero-order valence-corrected chi connectivity index (χ0v) is 17.4. The van der Waals surface area contributed by atoms with E-state index in [9.17, 15) is 14.3 Å². The molecule has 0 amide bonds. The van der Waals surface area contributed by atoms with Gasteiger partial charge in [-0.15, -0.1) is 0 Å². The number of carbonyl (C=O) groups is 1. The van der Waals surface area contributed by atoms with E-state index in [1.807, 2.05) is 0 Å². The summed E-state index contributed by atoms with van der Waals surface area (Å²) in [4.78, 5) is 11.2. The second kappa shape index (κ2) is 8.94. The summed E-state index contributed by atoms with van der Waals surface area (Å²) >= 11 is 0. The number of halogens is 1. The van der Waals surface area contributed by atoms with Crippen LogP contribution in [0.3, 0.4) is 0 Å². The topological polar surface area (TPSA) is 46.5 Å². The molecular weight excluding hydrogens is 355 g/mol. The van der Waals surface area contributed by atoms with Crippen LogP contribution in [0.2, 0.25) is 0 Å². The van der Waals surface area contributed by atoms with Crippen LogP contribution in [-0.4, -0.2) is 30.5 Å². The number of aliphatic hydroxyl groups excluding tert-OH is 1. The largest absolute Gasteiger partial charge is 0.463 e. The lowest BCUT2D eigenvalue weighted by atomic mass is 9.61. The molecule has 0 aromatic carbocycles. The van der Waals surface area contributed by atoms with Crippen LogP contribution in [0.4, 0.5) is 4.39 Å². The van der Waals surface area contributed by atoms with Crippen LogP contribution < -0.4 is 0 Å². The Labute approximate surface area is 168 Å². The highest BCUT2D eigenvalue weighted by Gasteiger charge is 2.50. The van der Waals surface area contributed by atoms with Crippen LogP contribution >= 0.6 is 0 Å². The Morgan fingerprint density at radius 3 is 2.89 bits per heavy atom. The molecule has 0 saturated heterocycles. The summed E-state index contributed by atoms with van der Waals surface area (Å²) < 4.78 is 17.5. The van der Waals surface area contributed by atoms with Crippen molar-refractivity contribution in [3.63, 3.8) is 0 Å². The van der Waals surface area contributed by atoms with E-state index in [1.54, 1.807) is 0 Å². The first-order valence-corrected chi connectivity index (χ1v) is 10.8. The van der Waals surface area contributed by atoms with Crippen LogP contribution in [-0.2, 0) is 9.53 Å². The van der Waals surface area contributed by atoms with Gasteiger partial charge in [-0.05, 0) is 80.1 Å². The highest BCUT2D eigenvalue weighted by molar-refractivity contribution is 5.70. The van der Waals surface area contributed by atoms with E-state index in [0.717, 1.165) is 31.3 Å². The van der Waals surface area contributed by atoms with Gasteiger partial charge in [-0.1, -0.05) is 43.7 Å². The van der Waals surface area contributed by atoms with Crippen molar-refractivity contribution in [2.45, 2.75) is 71.3 Å². The number of hydrogen-bond acceptors (Lipinski definition) is 3. The predicted octanol–water partition coefficient (Wildman–Crippen LogP) is 5.31. The molecule has 28 heavy (non-hydrogen) atoms. The van der Waals surface area contributed by atoms with Gasteiger partial charge in [0.25, 0.3) is 0 Å². The van der Waals surface area contributed by atoms with Crippen LogP contribution in [0.15, 0.2) is 35.5 Å². The number of alkyl halides is 1. The molecule has 0 unspecified atom stereocenters. The highest BCUT2D eigenvalue weighted by Crippen LogP contribution is 2.59. The fraction of sp³-hybridized carbons (Fsp3) is 0.708. The molecular formula is C24H35FO3. The molecule has 4 heteroatoms. The van der Waals surface area contributed by atoms with E-state index in [2.05, 4.69) is 32.6 Å². The van der Waals surface area contributed by atoms with Crippen LogP contribution in [0.25, 0.3) is 0 Å². The van der Waals surface area contributed by atoms with Crippen molar-refractivity contribution in [2.24, 2.45) is 23.2 Å². The first kappa shape index (κ1) is 21.3. The van der Waals surface area contributed by atoms with Gasteiger partial charge in [-0.25, -0.2) is 9.18 Å². The quantitative estimate of drug-likeness (QED) is 0.648. The third-order valence-corrected chi connectivity index (χ3v) is 7.53. The maximum absolute atomic E-state index is 12.4. The molecule has 0 radical (unpaired) electrons. The molecule has 3 rings (SSSR count). The summed E-state index contributed by atoms with van der Waals surface area (Å²) in [6, 6.07) is 0. The van der Waals surface area contributed by atoms with Gasteiger partial charge in [0, 0.05) is 0 Å². The monoisotopic (exact) mass is 390 g/mol. The molecule has 3 aliphatic carbocycles. The number of carbonyl (C=O) groups excluding carboxylic acids is 1. The molecule has 3 nitrogen and oxygen atoms in total. The first-order chi connectivity index (χ1) is 13.3. The number of fused-ring (bicyclic) bond motifs is 1. The van der Waals surface area contributed by atoms with E-state index in [4.69, 9.17) is 4.74 Å². The fourth-order valence-corrected chi connectivity index (χ4v) is 5.99. The number of esters is 1. The van der Waals surface area contributed by atoms with E-state index in [1.165, 1.54) is 30.4 Å². The van der Waals surface area contributed by atoms with Crippen LogP contribution in [0, 0.1) is 23.2 Å². The summed E-state index contributed by atoms with van der Waals surface area (Å²) in [6.07, 6.45) is 12.5. The summed E-state index contributed by atoms with van der Waals surface area (Å²) in [5.41, 5.74) is 4.09. The zero-order chi connectivity index (χ0) is 20.3. The van der Waals surface area contributed by atoms with Crippen molar-refractivity contribution in [3.05, 3.63) is 35.5 Å². The zero-order valence-electron chi connectivity index (χ0n) is 17.4. The molecule has 0 aromatic heterocycles. The number of rotatable bonds is 5. The normalized spacial score (nSPS) is 37.1. The lowest BCUT2D eigenvalue weighted by Crippen LogP contribution is -2.37. The summed E-state index contributed by atoms with van der Waals surface area (Å²) in [7, 11) is 0. The summed E-state index contributed by atoms with van der Waals surface area (Å²) in [5.74, 6) is 0.547. The van der Waals surface area contributed by atoms with E-state index >= 15 is 0 Å². The number of ether oxygens (including phenoxy) is 1. The predicted molar refractivity (Wildman–Crippen MR) is 109 cm³/mol. The average molecular weight is 391 g/mol. The Morgan fingerprint density at radius 1 is 1.36 bits per heavy atom. The van der Waals surface area contributed by atoms with E-state index < -0.39 is 12.6 Å². The van der Waals surface area contributed by atoms with Crippen LogP contribution in [0.1, 0.15) is 65.2 Å². The Morgan fingerprint density at radius 2 is 2.14 bits per heavy atom. The second-order valence-electron chi connectivity index (χ2n) is 9.32. The lowest BCUT2D eigenvalue weighted by molar-refractivity contribution is -0.147. The Hall–Kier alpha value is -1.42. The summed E-state index contributed by atoms with van der Waals surface area (Å²) in [5, 5.41) is 9.97. The van der Waals surface area contributed by atoms with Gasteiger partial charge in [-0.2, -0.15) is 0 Å². The molecule has 1 N–H and O–H groups in total. The molecule has 0 bridgehead atoms. The van der Waals surface area contributed by atoms with Crippen molar-refractivity contribution < 1.29 is 19.0 Å². The minimum Gasteiger partial charge on any atom is -0.463 e. The molecule has 5 atom stereocenters. The standard InChI is InChI=1S/C24H35FO3/c1-16-6-9-20(26)13-19(16)8-7-18-5-4-12-24(3)21(10-11-22(18)24)17(2)15-28-23(27)14-25/h7-8,17,20-22,26H,1,4-6,9-15H2,2-3H3/t17-,20+,21-,22+,24-/m1/s1. The Kier molecular flexibility index (Phi) is 6.80. The molecule has 0 spiro atoms. The van der Waals surface area contributed by atoms with Crippen molar-refractivity contribution in [2.75, 3.05) is 13.3 Å². The van der Waals surface area contributed by atoms with Gasteiger partial charge in [-0.3, -0.25) is 0 Å². The molecule has 156 valence electrons. The van der Waals surface area contributed by atoms with Gasteiger partial charge in [0.15, 0.2) is 6.67 Å². The maximum atomic E-state index is 12.4. The second-order valence-corrected chi connectivity index (χ2v) is 9.32. The van der Waals surface area contributed by atoms with Gasteiger partial charge in [0.2, 0.25) is 0 Å². The van der Waals surface area contributed by atoms with Gasteiger partial charge in [0.1, 0.15) is 0 Å². The van der Waals surface area contributed by atoms with Gasteiger partial charge >= 0.3 is 5.97 Å². The Balaban J connectivity index is 1.72. The molecule has 0 aliphatic heterocycles. The number of aliphatic hydroxyl groups is 1. The van der Waals surface area contributed by atoms with Crippen molar-refractivity contribution in [3.8, 4) is 0 Å². The molecule has 3 saturated carbocycles. The van der Waals surface area contributed by atoms with Crippen molar-refractivity contribution in [1.29, 1.82) is 0 Å². The van der Waals surface area contributed by atoms with Crippen molar-refractivity contribution >= 4 is 5.97 Å². The molecule has 3 aliphatic rings. The third-order valence-electron chi connectivity index (χ3n) is 7.53. The minimum absolute atomic E-state index is 0.215. The SMILES string of the molecule is C=C1CC[C@H](O)CC1=CC=C1CCC[C@]2(C)[C@@H]([C@H](C)COC(=O)CF)CC[C@@H]12. The lowest BCUT2D eigenvalue weighted by Gasteiger charge is -2.44. The summed E-state index contributed by atoms with van der Waals surface area (Å²) in [6.45, 7) is 7.98. The first-order valence-electron chi connectivity index (χ1n) is 10.8. The number of hydrogen-bond donors (Lipinski definition) is 1. The van der Waals surface area contributed by atoms with Crippen molar-refractivity contribution in [1.82, 2.24) is 0 Å². The minimum atomic E-state index is -1.04. The van der Waals surface area contributed by atoms with E-state index in [-0.39, 0.29) is 17.4 Å². The molecule has 0 aromatic rings. The third kappa shape index (κ3) is 4.42. The molecule has 0 heterocycles. The van der Waals surface area contributed by atoms with E-state index in [0.29, 0.717) is 24.9 Å². The molecule has 3 fully saturated rings. The smallest absolute Gasteiger partial charge is 0.337 e.